The SMILES string of the molecule is Cc1c[nH]c(=O)n1-c1ccccc1CS(=O)(=O)Cl. The third-order valence-corrected chi connectivity index (χ3v) is 3.50. The molecular formula is C11H11ClN2O3S. The van der Waals surface area contributed by atoms with Crippen molar-refractivity contribution in [3.63, 3.8) is 0 Å². The van der Waals surface area contributed by atoms with Crippen molar-refractivity contribution in [2.45, 2.75) is 12.7 Å². The fraction of sp³-hybridized carbons (Fsp3) is 0.182. The zero-order valence-electron chi connectivity index (χ0n) is 9.55. The Kier molecular flexibility index (Phi) is 3.32. The lowest BCUT2D eigenvalue weighted by Gasteiger charge is -2.09. The molecule has 0 saturated carbocycles. The van der Waals surface area contributed by atoms with Crippen LogP contribution in [0.2, 0.25) is 0 Å². The van der Waals surface area contributed by atoms with Crippen molar-refractivity contribution >= 4 is 19.7 Å². The zero-order chi connectivity index (χ0) is 13.3. The number of halogens is 1. The molecule has 1 heterocycles. The van der Waals surface area contributed by atoms with Gasteiger partial charge in [-0.1, -0.05) is 18.2 Å². The van der Waals surface area contributed by atoms with Gasteiger partial charge in [0.1, 0.15) is 0 Å². The molecule has 18 heavy (non-hydrogen) atoms. The van der Waals surface area contributed by atoms with E-state index in [-0.39, 0.29) is 11.4 Å². The Morgan fingerprint density at radius 2 is 2.00 bits per heavy atom. The van der Waals surface area contributed by atoms with Crippen LogP contribution in [0, 0.1) is 6.92 Å². The molecule has 0 aliphatic heterocycles. The van der Waals surface area contributed by atoms with E-state index in [1.54, 1.807) is 37.4 Å². The lowest BCUT2D eigenvalue weighted by molar-refractivity contribution is 0.608. The first-order chi connectivity index (χ1) is 8.38. The Morgan fingerprint density at radius 3 is 2.56 bits per heavy atom. The molecule has 0 aliphatic rings. The Bertz CT molecular complexity index is 731. The lowest BCUT2D eigenvalue weighted by atomic mass is 10.2. The summed E-state index contributed by atoms with van der Waals surface area (Å²) in [5, 5.41) is 0. The number of para-hydroxylation sites is 1. The first-order valence-electron chi connectivity index (χ1n) is 5.16. The average Bonchev–Trinajstić information content (AvgIpc) is 2.58. The normalized spacial score (nSPS) is 11.7. The first kappa shape index (κ1) is 12.9. The minimum atomic E-state index is -3.67. The van der Waals surface area contributed by atoms with Gasteiger partial charge < -0.3 is 4.98 Å². The highest BCUT2D eigenvalue weighted by Crippen LogP contribution is 2.18. The molecule has 0 atom stereocenters. The van der Waals surface area contributed by atoms with E-state index < -0.39 is 9.05 Å². The van der Waals surface area contributed by atoms with Crippen LogP contribution in [0.15, 0.2) is 35.3 Å². The number of nitrogens with one attached hydrogen (secondary N) is 1. The maximum absolute atomic E-state index is 11.7. The molecule has 1 aromatic heterocycles. The van der Waals surface area contributed by atoms with Crippen LogP contribution in [0.4, 0.5) is 0 Å². The summed E-state index contributed by atoms with van der Waals surface area (Å²) in [5.74, 6) is -0.318. The topological polar surface area (TPSA) is 71.9 Å². The second kappa shape index (κ2) is 4.62. The number of hydrogen-bond acceptors (Lipinski definition) is 3. The summed E-state index contributed by atoms with van der Waals surface area (Å²) in [6, 6.07) is 6.75. The Hall–Kier alpha value is -1.53. The van der Waals surface area contributed by atoms with E-state index in [0.717, 1.165) is 0 Å². The number of H-pyrrole nitrogens is 1. The van der Waals surface area contributed by atoms with Gasteiger partial charge >= 0.3 is 5.69 Å². The van der Waals surface area contributed by atoms with Gasteiger partial charge in [0.25, 0.3) is 0 Å². The number of benzene rings is 1. The van der Waals surface area contributed by atoms with Gasteiger partial charge in [0, 0.05) is 22.6 Å². The summed E-state index contributed by atoms with van der Waals surface area (Å²) in [6.07, 6.45) is 1.56. The van der Waals surface area contributed by atoms with Crippen molar-refractivity contribution in [1.82, 2.24) is 9.55 Å². The van der Waals surface area contributed by atoms with Crippen molar-refractivity contribution in [2.24, 2.45) is 0 Å². The van der Waals surface area contributed by atoms with Gasteiger partial charge in [-0.25, -0.2) is 13.2 Å². The number of rotatable bonds is 3. The number of aromatic amines is 1. The molecule has 0 saturated heterocycles. The molecule has 1 N–H and O–H groups in total. The van der Waals surface area contributed by atoms with Gasteiger partial charge in [0.2, 0.25) is 9.05 Å². The molecule has 7 heteroatoms. The second-order valence-corrected chi connectivity index (χ2v) is 6.66. The first-order valence-corrected chi connectivity index (χ1v) is 7.64. The van der Waals surface area contributed by atoms with E-state index in [0.29, 0.717) is 16.9 Å². The second-order valence-electron chi connectivity index (χ2n) is 3.88. The summed E-state index contributed by atoms with van der Waals surface area (Å²) < 4.78 is 23.7. The van der Waals surface area contributed by atoms with Crippen molar-refractivity contribution in [3.8, 4) is 5.69 Å². The van der Waals surface area contributed by atoms with Gasteiger partial charge in [-0.3, -0.25) is 4.57 Å². The van der Waals surface area contributed by atoms with Gasteiger partial charge in [-0.05, 0) is 18.6 Å². The van der Waals surface area contributed by atoms with Crippen LogP contribution < -0.4 is 5.69 Å². The highest BCUT2D eigenvalue weighted by molar-refractivity contribution is 8.13. The van der Waals surface area contributed by atoms with E-state index in [1.807, 2.05) is 0 Å². The maximum atomic E-state index is 11.7. The minimum Gasteiger partial charge on any atom is -0.312 e. The summed E-state index contributed by atoms with van der Waals surface area (Å²) in [5.41, 5.74) is 1.38. The Morgan fingerprint density at radius 1 is 1.33 bits per heavy atom. The maximum Gasteiger partial charge on any atom is 0.330 e. The van der Waals surface area contributed by atoms with Gasteiger partial charge in [-0.2, -0.15) is 0 Å². The van der Waals surface area contributed by atoms with E-state index in [4.69, 9.17) is 10.7 Å². The summed E-state index contributed by atoms with van der Waals surface area (Å²) in [4.78, 5) is 14.2. The number of aromatic nitrogens is 2. The van der Waals surface area contributed by atoms with Crippen molar-refractivity contribution in [1.29, 1.82) is 0 Å². The van der Waals surface area contributed by atoms with E-state index in [9.17, 15) is 13.2 Å². The third-order valence-electron chi connectivity index (χ3n) is 2.52. The molecule has 2 aromatic rings. The Labute approximate surface area is 108 Å². The molecule has 0 radical (unpaired) electrons. The van der Waals surface area contributed by atoms with E-state index in [2.05, 4.69) is 4.98 Å². The number of nitrogens with zero attached hydrogens (tertiary/aromatic N) is 1. The molecule has 0 fully saturated rings. The zero-order valence-corrected chi connectivity index (χ0v) is 11.1. The molecular weight excluding hydrogens is 276 g/mol. The smallest absolute Gasteiger partial charge is 0.312 e. The van der Waals surface area contributed by atoms with Crippen molar-refractivity contribution < 1.29 is 8.42 Å². The molecule has 1 aromatic carbocycles. The predicted molar refractivity (Wildman–Crippen MR) is 69.6 cm³/mol. The molecule has 0 unspecified atom stereocenters. The fourth-order valence-corrected chi connectivity index (χ4v) is 2.76. The third kappa shape index (κ3) is 2.65. The van der Waals surface area contributed by atoms with Crippen LogP contribution in [0.25, 0.3) is 5.69 Å². The van der Waals surface area contributed by atoms with Crippen LogP contribution >= 0.6 is 10.7 Å². The molecule has 2 rings (SSSR count). The fourth-order valence-electron chi connectivity index (χ4n) is 1.79. The highest BCUT2D eigenvalue weighted by atomic mass is 35.7. The number of aryl methyl sites for hydroxylation is 1. The van der Waals surface area contributed by atoms with Crippen LogP contribution in [0.1, 0.15) is 11.3 Å². The van der Waals surface area contributed by atoms with Gasteiger partial charge in [-0.15, -0.1) is 0 Å². The monoisotopic (exact) mass is 286 g/mol. The van der Waals surface area contributed by atoms with Crippen LogP contribution in [0.5, 0.6) is 0 Å². The summed E-state index contributed by atoms with van der Waals surface area (Å²) >= 11 is 0. The molecule has 0 spiro atoms. The van der Waals surface area contributed by atoms with Gasteiger partial charge in [0.05, 0.1) is 11.4 Å². The lowest BCUT2D eigenvalue weighted by Crippen LogP contribution is -2.17. The van der Waals surface area contributed by atoms with Crippen LogP contribution in [-0.4, -0.2) is 18.0 Å². The van der Waals surface area contributed by atoms with E-state index in [1.165, 1.54) is 4.57 Å². The molecule has 0 bridgehead atoms. The van der Waals surface area contributed by atoms with Crippen molar-refractivity contribution in [2.75, 3.05) is 0 Å². The average molecular weight is 287 g/mol. The minimum absolute atomic E-state index is 0.313. The molecule has 96 valence electrons. The molecule has 0 amide bonds. The number of hydrogen-bond donors (Lipinski definition) is 1. The molecule has 0 aliphatic carbocycles. The predicted octanol–water partition coefficient (Wildman–Crippen LogP) is 1.54. The number of imidazole rings is 1. The molecule has 5 nitrogen and oxygen atoms in total. The Balaban J connectivity index is 2.63. The summed E-state index contributed by atoms with van der Waals surface area (Å²) in [7, 11) is 1.59. The van der Waals surface area contributed by atoms with Crippen LogP contribution in [-0.2, 0) is 14.8 Å². The standard InChI is InChI=1S/C11H11ClN2O3S/c1-8-6-13-11(15)14(8)10-5-3-2-4-9(10)7-18(12,16)17/h2-6H,7H2,1H3,(H,13,15). The quantitative estimate of drug-likeness (QED) is 0.870. The largest absolute Gasteiger partial charge is 0.330 e. The van der Waals surface area contributed by atoms with Crippen LogP contribution in [0.3, 0.4) is 0 Å². The van der Waals surface area contributed by atoms with Crippen molar-refractivity contribution in [3.05, 3.63) is 52.2 Å². The highest BCUT2D eigenvalue weighted by Gasteiger charge is 2.14. The van der Waals surface area contributed by atoms with Gasteiger partial charge in [0.15, 0.2) is 0 Å². The van der Waals surface area contributed by atoms with E-state index >= 15 is 0 Å². The summed E-state index contributed by atoms with van der Waals surface area (Å²) in [6.45, 7) is 1.75.